The van der Waals surface area contributed by atoms with Gasteiger partial charge in [-0.2, -0.15) is 0 Å². The summed E-state index contributed by atoms with van der Waals surface area (Å²) in [6.07, 6.45) is -0.904. The topological polar surface area (TPSA) is 113 Å². The van der Waals surface area contributed by atoms with Gasteiger partial charge in [-0.05, 0) is 23.3 Å². The summed E-state index contributed by atoms with van der Waals surface area (Å²) in [4.78, 5) is 34.8. The molecule has 2 aromatic carbocycles. The molecule has 26 heavy (non-hydrogen) atoms. The van der Waals surface area contributed by atoms with Crippen molar-refractivity contribution in [2.24, 2.45) is 0 Å². The van der Waals surface area contributed by atoms with Crippen molar-refractivity contribution in [3.8, 4) is 0 Å². The average molecular weight is 357 g/mol. The number of rotatable bonds is 8. The van der Waals surface area contributed by atoms with Crippen LogP contribution in [-0.4, -0.2) is 41.2 Å². The van der Waals surface area contributed by atoms with Gasteiger partial charge in [0.15, 0.2) is 6.10 Å². The number of aliphatic carboxylic acids is 1. The lowest BCUT2D eigenvalue weighted by Gasteiger charge is -2.20. The van der Waals surface area contributed by atoms with Crippen molar-refractivity contribution in [3.63, 3.8) is 0 Å². The second kappa shape index (κ2) is 8.77. The lowest BCUT2D eigenvalue weighted by molar-refractivity contribution is -0.144. The van der Waals surface area contributed by atoms with E-state index in [0.717, 1.165) is 0 Å². The van der Waals surface area contributed by atoms with E-state index in [1.807, 2.05) is 0 Å². The minimum atomic E-state index is -1.19. The van der Waals surface area contributed by atoms with Gasteiger partial charge in [-0.3, -0.25) is 4.79 Å². The van der Waals surface area contributed by atoms with Crippen LogP contribution >= 0.6 is 0 Å². The predicted molar refractivity (Wildman–Crippen MR) is 92.9 cm³/mol. The number of carboxylic acids is 2. The second-order valence-corrected chi connectivity index (χ2v) is 5.63. The number of hydrogen-bond acceptors (Lipinski definition) is 4. The Morgan fingerprint density at radius 3 is 2.12 bits per heavy atom. The van der Waals surface area contributed by atoms with Crippen LogP contribution in [0, 0.1) is 0 Å². The zero-order valence-corrected chi connectivity index (χ0v) is 14.1. The van der Waals surface area contributed by atoms with Crippen molar-refractivity contribution in [1.82, 2.24) is 5.32 Å². The minimum absolute atomic E-state index is 0.0200. The first-order chi connectivity index (χ1) is 12.4. The number of carbonyl (C=O) groups is 3. The van der Waals surface area contributed by atoms with E-state index in [-0.39, 0.29) is 12.0 Å². The summed E-state index contributed by atoms with van der Waals surface area (Å²) in [6, 6.07) is 13.4. The molecular weight excluding hydrogens is 338 g/mol. The Morgan fingerprint density at radius 1 is 1.00 bits per heavy atom. The summed E-state index contributed by atoms with van der Waals surface area (Å²) in [6.45, 7) is 0. The van der Waals surface area contributed by atoms with E-state index in [4.69, 9.17) is 9.84 Å². The quantitative estimate of drug-likeness (QED) is 0.665. The SMILES string of the molecule is CO[C@H](C(=O)N[C@@H](Cc1ccc(C(=O)O)cc1)C(=O)O)c1ccccc1. The molecule has 0 radical (unpaired) electrons. The van der Waals surface area contributed by atoms with Gasteiger partial charge in [-0.25, -0.2) is 9.59 Å². The van der Waals surface area contributed by atoms with Crippen LogP contribution in [0.3, 0.4) is 0 Å². The van der Waals surface area contributed by atoms with E-state index in [0.29, 0.717) is 11.1 Å². The van der Waals surface area contributed by atoms with Gasteiger partial charge in [0.1, 0.15) is 6.04 Å². The largest absolute Gasteiger partial charge is 0.480 e. The Balaban J connectivity index is 2.10. The Kier molecular flexibility index (Phi) is 6.46. The normalized spacial score (nSPS) is 12.8. The smallest absolute Gasteiger partial charge is 0.335 e. The summed E-state index contributed by atoms with van der Waals surface area (Å²) in [5, 5.41) is 20.8. The standard InChI is InChI=1S/C19H19NO6/c1-26-16(13-5-3-2-4-6-13)17(21)20-15(19(24)25)11-12-7-9-14(10-8-12)18(22)23/h2-10,15-16H,11H2,1H3,(H,20,21)(H,22,23)(H,24,25)/t15-,16-/m0/s1. The summed E-state index contributed by atoms with van der Waals surface area (Å²) in [5.74, 6) is -2.82. The number of carbonyl (C=O) groups excluding carboxylic acids is 1. The molecule has 7 heteroatoms. The highest BCUT2D eigenvalue weighted by atomic mass is 16.5. The first-order valence-corrected chi connectivity index (χ1v) is 7.85. The van der Waals surface area contributed by atoms with Crippen LogP contribution in [0.1, 0.15) is 27.6 Å². The molecule has 0 heterocycles. The molecule has 0 aliphatic rings. The monoisotopic (exact) mass is 357 g/mol. The van der Waals surface area contributed by atoms with Crippen molar-refractivity contribution in [2.75, 3.05) is 7.11 Å². The average Bonchev–Trinajstić information content (AvgIpc) is 2.63. The van der Waals surface area contributed by atoms with E-state index in [2.05, 4.69) is 5.32 Å². The molecule has 2 rings (SSSR count). The molecule has 0 fully saturated rings. The molecule has 136 valence electrons. The summed E-state index contributed by atoms with van der Waals surface area (Å²) in [7, 11) is 1.37. The lowest BCUT2D eigenvalue weighted by atomic mass is 10.0. The first-order valence-electron chi connectivity index (χ1n) is 7.85. The third kappa shape index (κ3) is 4.90. The first kappa shape index (κ1) is 19.1. The van der Waals surface area contributed by atoms with Gasteiger partial charge in [0.25, 0.3) is 5.91 Å². The number of amides is 1. The fourth-order valence-electron chi connectivity index (χ4n) is 2.49. The summed E-state index contributed by atoms with van der Waals surface area (Å²) < 4.78 is 5.20. The van der Waals surface area contributed by atoms with Crippen LogP contribution in [0.25, 0.3) is 0 Å². The van der Waals surface area contributed by atoms with E-state index < -0.39 is 30.0 Å². The van der Waals surface area contributed by atoms with Crippen molar-refractivity contribution in [3.05, 3.63) is 71.3 Å². The predicted octanol–water partition coefficient (Wildman–Crippen LogP) is 1.88. The number of nitrogens with one attached hydrogen (secondary N) is 1. The van der Waals surface area contributed by atoms with Gasteiger partial charge in [-0.15, -0.1) is 0 Å². The molecule has 0 aromatic heterocycles. The number of hydrogen-bond donors (Lipinski definition) is 3. The Morgan fingerprint density at radius 2 is 1.62 bits per heavy atom. The van der Waals surface area contributed by atoms with E-state index in [1.54, 1.807) is 30.3 Å². The molecule has 0 aliphatic carbocycles. The highest BCUT2D eigenvalue weighted by Gasteiger charge is 2.26. The van der Waals surface area contributed by atoms with Crippen LogP contribution < -0.4 is 5.32 Å². The van der Waals surface area contributed by atoms with Gasteiger partial charge in [0.2, 0.25) is 0 Å². The molecule has 3 N–H and O–H groups in total. The van der Waals surface area contributed by atoms with Gasteiger partial charge in [0.05, 0.1) is 5.56 Å². The molecule has 2 aromatic rings. The third-order valence-electron chi connectivity index (χ3n) is 3.83. The zero-order chi connectivity index (χ0) is 19.1. The van der Waals surface area contributed by atoms with Crippen molar-refractivity contribution in [1.29, 1.82) is 0 Å². The molecule has 7 nitrogen and oxygen atoms in total. The number of methoxy groups -OCH3 is 1. The van der Waals surface area contributed by atoms with Crippen molar-refractivity contribution >= 4 is 17.8 Å². The summed E-state index contributed by atoms with van der Waals surface area (Å²) in [5.41, 5.74) is 1.31. The van der Waals surface area contributed by atoms with Crippen molar-refractivity contribution < 1.29 is 29.3 Å². The molecule has 0 unspecified atom stereocenters. The molecule has 0 bridgehead atoms. The Hall–Kier alpha value is -3.19. The zero-order valence-electron chi connectivity index (χ0n) is 14.1. The van der Waals surface area contributed by atoms with Crippen LogP contribution in [0.5, 0.6) is 0 Å². The maximum Gasteiger partial charge on any atom is 0.335 e. The fourth-order valence-corrected chi connectivity index (χ4v) is 2.49. The lowest BCUT2D eigenvalue weighted by Crippen LogP contribution is -2.44. The number of benzene rings is 2. The van der Waals surface area contributed by atoms with Gasteiger partial charge in [0, 0.05) is 13.5 Å². The molecular formula is C19H19NO6. The van der Waals surface area contributed by atoms with Crippen LogP contribution in [0.4, 0.5) is 0 Å². The van der Waals surface area contributed by atoms with Crippen molar-refractivity contribution in [2.45, 2.75) is 18.6 Å². The van der Waals surface area contributed by atoms with Gasteiger partial charge < -0.3 is 20.3 Å². The fraction of sp³-hybridized carbons (Fsp3) is 0.211. The molecule has 0 saturated carbocycles. The minimum Gasteiger partial charge on any atom is -0.480 e. The number of aromatic carboxylic acids is 1. The highest BCUT2D eigenvalue weighted by Crippen LogP contribution is 2.17. The molecule has 2 atom stereocenters. The maximum atomic E-state index is 12.4. The second-order valence-electron chi connectivity index (χ2n) is 5.63. The summed E-state index contributed by atoms with van der Waals surface area (Å²) >= 11 is 0. The maximum absolute atomic E-state index is 12.4. The van der Waals surface area contributed by atoms with Gasteiger partial charge >= 0.3 is 11.9 Å². The molecule has 0 saturated heterocycles. The van der Waals surface area contributed by atoms with Gasteiger partial charge in [-0.1, -0.05) is 42.5 Å². The van der Waals surface area contributed by atoms with Crippen LogP contribution in [0.15, 0.2) is 54.6 Å². The molecule has 0 aliphatic heterocycles. The van der Waals surface area contributed by atoms with Crippen LogP contribution in [-0.2, 0) is 20.7 Å². The Labute approximate surface area is 150 Å². The Bertz CT molecular complexity index is 772. The van der Waals surface area contributed by atoms with E-state index in [9.17, 15) is 19.5 Å². The van der Waals surface area contributed by atoms with Crippen LogP contribution in [0.2, 0.25) is 0 Å². The molecule has 1 amide bonds. The third-order valence-corrected chi connectivity index (χ3v) is 3.83. The van der Waals surface area contributed by atoms with E-state index in [1.165, 1.54) is 31.4 Å². The van der Waals surface area contributed by atoms with E-state index >= 15 is 0 Å². The number of ether oxygens (including phenoxy) is 1. The number of carboxylic acid groups (broad SMARTS) is 2. The highest BCUT2D eigenvalue weighted by molar-refractivity contribution is 5.88. The molecule has 0 spiro atoms.